The number of alkyl halides is 28. The Morgan fingerprint density at radius 2 is 0.283 bits per heavy atom. The molecule has 0 unspecified atom stereocenters. The van der Waals surface area contributed by atoms with Crippen molar-refractivity contribution in [3.05, 3.63) is 0 Å². The second-order valence-electron chi connectivity index (χ2n) is 8.71. The number of hydrogen-bond acceptors (Lipinski definition) is 2. The maximum absolute atomic E-state index is 13.7. The van der Waals surface area contributed by atoms with Crippen LogP contribution in [0.1, 0.15) is 0 Å². The molecule has 0 aliphatic rings. The van der Waals surface area contributed by atoms with Gasteiger partial charge in [-0.1, -0.05) is 0 Å². The van der Waals surface area contributed by atoms with E-state index in [2.05, 4.69) is 11.5 Å². The molecule has 0 aromatic rings. The van der Waals surface area contributed by atoms with Crippen molar-refractivity contribution >= 4 is 0 Å². The number of hydrogen-bond donors (Lipinski definition) is 2. The van der Waals surface area contributed by atoms with Gasteiger partial charge in [0.2, 0.25) is 0 Å². The van der Waals surface area contributed by atoms with Crippen molar-refractivity contribution in [2.24, 2.45) is 11.5 Å². The molecule has 0 saturated heterocycles. The molecule has 0 aromatic heterocycles. The molecule has 30 heteroatoms. The minimum Gasteiger partial charge on any atom is -0.325 e. The van der Waals surface area contributed by atoms with Crippen molar-refractivity contribution in [2.45, 2.75) is 82.9 Å². The first kappa shape index (κ1) is 44.0. The van der Waals surface area contributed by atoms with Crippen LogP contribution in [0, 0.1) is 0 Å². The van der Waals surface area contributed by atoms with E-state index in [1.807, 2.05) is 0 Å². The van der Waals surface area contributed by atoms with Crippen LogP contribution in [-0.2, 0) is 0 Å². The first-order valence-corrected chi connectivity index (χ1v) is 10.1. The Hall–Kier alpha value is -2.04. The molecule has 278 valence electrons. The van der Waals surface area contributed by atoms with Crippen molar-refractivity contribution in [3.63, 3.8) is 0 Å². The Bertz CT molecular complexity index is 1020. The molecule has 0 rings (SSSR count). The van der Waals surface area contributed by atoms with Gasteiger partial charge in [-0.3, -0.25) is 0 Å². The molecule has 0 saturated carbocycles. The fourth-order valence-electron chi connectivity index (χ4n) is 2.69. The van der Waals surface area contributed by atoms with E-state index in [9.17, 15) is 123 Å². The molecule has 2 nitrogen and oxygen atoms in total. The summed E-state index contributed by atoms with van der Waals surface area (Å²) < 4.78 is 377. The third kappa shape index (κ3) is 4.81. The molecule has 46 heavy (non-hydrogen) atoms. The van der Waals surface area contributed by atoms with E-state index in [-0.39, 0.29) is 0 Å². The van der Waals surface area contributed by atoms with Crippen molar-refractivity contribution in [1.82, 2.24) is 0 Å². The van der Waals surface area contributed by atoms with Crippen LogP contribution in [0.2, 0.25) is 0 Å². The van der Waals surface area contributed by atoms with Crippen LogP contribution in [0.3, 0.4) is 0 Å². The summed E-state index contributed by atoms with van der Waals surface area (Å²) in [6.07, 6.45) is 0. The maximum atomic E-state index is 13.7. The summed E-state index contributed by atoms with van der Waals surface area (Å²) in [6.45, 7) is -6.67. The molecule has 0 aliphatic heterocycles. The minimum atomic E-state index is -9.85. The standard InChI is InChI=1S/C16H8F28N2/c17-3(18,1-45)5(21,22)7(25,26)9(29,30)11(33,34)13(37,38)15(41,42)16(43,44)14(39,40)12(35,36)10(31,32)8(27,28)6(23,24)4(19,20)2-46/h1-2,45-46H2. The molecule has 0 spiro atoms. The Labute approximate surface area is 232 Å². The van der Waals surface area contributed by atoms with Crippen molar-refractivity contribution in [2.75, 3.05) is 13.1 Å². The maximum Gasteiger partial charge on any atom is 0.385 e. The molecule has 0 radical (unpaired) electrons. The molecular formula is C16H8F28N2. The van der Waals surface area contributed by atoms with Gasteiger partial charge in [0.05, 0.1) is 13.1 Å². The van der Waals surface area contributed by atoms with Gasteiger partial charge in [-0.2, -0.15) is 123 Å². The van der Waals surface area contributed by atoms with Crippen LogP contribution in [-0.4, -0.2) is 96.0 Å². The molecule has 0 fully saturated rings. The van der Waals surface area contributed by atoms with Crippen LogP contribution < -0.4 is 11.5 Å². The highest BCUT2D eigenvalue weighted by molar-refractivity contribution is 5.21. The molecule has 4 N–H and O–H groups in total. The predicted octanol–water partition coefficient (Wildman–Crippen LogP) is 7.80. The van der Waals surface area contributed by atoms with Gasteiger partial charge >= 0.3 is 82.9 Å². The molecular weight excluding hydrogens is 752 g/mol. The third-order valence-electron chi connectivity index (χ3n) is 5.77. The quantitative estimate of drug-likeness (QED) is 0.168. The van der Waals surface area contributed by atoms with E-state index in [1.54, 1.807) is 0 Å². The van der Waals surface area contributed by atoms with Gasteiger partial charge in [0.25, 0.3) is 0 Å². The van der Waals surface area contributed by atoms with E-state index >= 15 is 0 Å². The SMILES string of the molecule is NCC(F)(F)C(F)(F)C(F)(F)C(F)(F)C(F)(F)C(F)(F)C(F)(F)C(F)(F)C(F)(F)C(F)(F)C(F)(F)C(F)(F)C(F)(F)C(F)(F)CN. The van der Waals surface area contributed by atoms with E-state index in [0.29, 0.717) is 0 Å². The first-order chi connectivity index (χ1) is 19.4. The largest absolute Gasteiger partial charge is 0.385 e. The zero-order valence-electron chi connectivity index (χ0n) is 20.2. The van der Waals surface area contributed by atoms with Gasteiger partial charge in [-0.25, -0.2) is 0 Å². The van der Waals surface area contributed by atoms with Crippen molar-refractivity contribution < 1.29 is 123 Å². The minimum absolute atomic E-state index is 3.34. The zero-order chi connectivity index (χ0) is 38.4. The highest BCUT2D eigenvalue weighted by Crippen LogP contribution is 2.68. The monoisotopic (exact) mass is 760 g/mol. The number of halogens is 28. The van der Waals surface area contributed by atoms with Gasteiger partial charge in [0, 0.05) is 0 Å². The lowest BCUT2D eigenvalue weighted by molar-refractivity contribution is -0.484. The first-order valence-electron chi connectivity index (χ1n) is 10.1. The van der Waals surface area contributed by atoms with E-state index < -0.39 is 96.0 Å². The predicted molar refractivity (Wildman–Crippen MR) is 87.4 cm³/mol. The zero-order valence-corrected chi connectivity index (χ0v) is 20.2. The summed E-state index contributed by atoms with van der Waals surface area (Å²) in [6, 6.07) is 0. The highest BCUT2D eigenvalue weighted by Gasteiger charge is 3.00. The normalized spacial score (nSPS) is 17.1. The van der Waals surface area contributed by atoms with E-state index in [4.69, 9.17) is 0 Å². The molecule has 0 aliphatic carbocycles. The fourth-order valence-corrected chi connectivity index (χ4v) is 2.69. The number of nitrogens with two attached hydrogens (primary N) is 2. The summed E-state index contributed by atoms with van der Waals surface area (Å²) >= 11 is 0. The fraction of sp³-hybridized carbons (Fsp3) is 1.00. The topological polar surface area (TPSA) is 52.0 Å². The van der Waals surface area contributed by atoms with Crippen molar-refractivity contribution in [1.29, 1.82) is 0 Å². The highest BCUT2D eigenvalue weighted by atomic mass is 19.4. The van der Waals surface area contributed by atoms with Gasteiger partial charge in [-0.15, -0.1) is 0 Å². The van der Waals surface area contributed by atoms with Gasteiger partial charge in [-0.05, 0) is 0 Å². The van der Waals surface area contributed by atoms with Gasteiger partial charge in [0.1, 0.15) is 0 Å². The summed E-state index contributed by atoms with van der Waals surface area (Å²) in [7, 11) is 0. The van der Waals surface area contributed by atoms with Gasteiger partial charge in [0.15, 0.2) is 0 Å². The summed E-state index contributed by atoms with van der Waals surface area (Å²) in [5.74, 6) is -126. The second-order valence-corrected chi connectivity index (χ2v) is 8.71. The lowest BCUT2D eigenvalue weighted by Gasteiger charge is -2.46. The van der Waals surface area contributed by atoms with E-state index in [0.717, 1.165) is 0 Å². The van der Waals surface area contributed by atoms with Crippen LogP contribution in [0.25, 0.3) is 0 Å². The van der Waals surface area contributed by atoms with Crippen LogP contribution >= 0.6 is 0 Å². The van der Waals surface area contributed by atoms with Crippen molar-refractivity contribution in [3.8, 4) is 0 Å². The lowest BCUT2D eigenvalue weighted by atomic mass is 9.83. The van der Waals surface area contributed by atoms with Crippen LogP contribution in [0.15, 0.2) is 0 Å². The van der Waals surface area contributed by atoms with E-state index in [1.165, 1.54) is 0 Å². The molecule has 0 bridgehead atoms. The molecule has 0 heterocycles. The summed E-state index contributed by atoms with van der Waals surface area (Å²) in [4.78, 5) is 0. The Kier molecular flexibility index (Phi) is 10.3. The molecule has 0 aromatic carbocycles. The Balaban J connectivity index is 7.55. The van der Waals surface area contributed by atoms with Crippen LogP contribution in [0.5, 0.6) is 0 Å². The lowest BCUT2D eigenvalue weighted by Crippen LogP contribution is -2.79. The summed E-state index contributed by atoms with van der Waals surface area (Å²) in [5.41, 5.74) is 7.48. The molecule has 0 amide bonds. The molecule has 0 atom stereocenters. The smallest absolute Gasteiger partial charge is 0.325 e. The van der Waals surface area contributed by atoms with Gasteiger partial charge < -0.3 is 11.5 Å². The third-order valence-corrected chi connectivity index (χ3v) is 5.77. The second kappa shape index (κ2) is 10.7. The Morgan fingerprint density at radius 1 is 0.196 bits per heavy atom. The summed E-state index contributed by atoms with van der Waals surface area (Å²) in [5, 5.41) is 0. The van der Waals surface area contributed by atoms with Crippen LogP contribution in [0.4, 0.5) is 123 Å². The number of rotatable bonds is 15. The average Bonchev–Trinajstić information content (AvgIpc) is 2.86. The average molecular weight is 760 g/mol. The Morgan fingerprint density at radius 3 is 0.370 bits per heavy atom.